The molecule has 2 aromatic rings. The zero-order valence-electron chi connectivity index (χ0n) is 13.8. The minimum absolute atomic E-state index is 0.0496. The first-order valence-corrected chi connectivity index (χ1v) is 8.35. The maximum Gasteiger partial charge on any atom is 0.331 e. The molecular formula is C17H21N5O2. The molecule has 0 radical (unpaired) electrons. The molecule has 126 valence electrons. The van der Waals surface area contributed by atoms with Gasteiger partial charge in [0.05, 0.1) is 6.20 Å². The van der Waals surface area contributed by atoms with Crippen molar-refractivity contribution in [3.05, 3.63) is 50.6 Å². The molecule has 0 aliphatic heterocycles. The van der Waals surface area contributed by atoms with E-state index in [1.807, 2.05) is 30.1 Å². The van der Waals surface area contributed by atoms with Gasteiger partial charge in [0.25, 0.3) is 5.56 Å². The van der Waals surface area contributed by atoms with E-state index in [1.165, 1.54) is 10.8 Å². The highest BCUT2D eigenvalue weighted by molar-refractivity contribution is 5.23. The van der Waals surface area contributed by atoms with Gasteiger partial charge in [-0.05, 0) is 44.6 Å². The normalized spacial score (nSPS) is 13.8. The lowest BCUT2D eigenvalue weighted by Crippen LogP contribution is -2.40. The number of hydrogen-bond donors (Lipinski definition) is 0. The van der Waals surface area contributed by atoms with E-state index >= 15 is 0 Å². The Bertz CT molecular complexity index is 880. The van der Waals surface area contributed by atoms with Crippen molar-refractivity contribution >= 4 is 0 Å². The Morgan fingerprint density at radius 2 is 1.96 bits per heavy atom. The van der Waals surface area contributed by atoms with Crippen molar-refractivity contribution < 1.29 is 0 Å². The Labute approximate surface area is 139 Å². The van der Waals surface area contributed by atoms with E-state index < -0.39 is 5.56 Å². The number of unbranched alkanes of at least 4 members (excludes halogenated alkanes) is 2. The number of rotatable bonds is 7. The van der Waals surface area contributed by atoms with Crippen LogP contribution in [-0.4, -0.2) is 18.9 Å². The fraction of sp³-hybridized carbons (Fsp3) is 0.529. The highest BCUT2D eigenvalue weighted by atomic mass is 16.2. The molecule has 1 saturated carbocycles. The van der Waals surface area contributed by atoms with Gasteiger partial charge in [0.2, 0.25) is 0 Å². The second-order valence-corrected chi connectivity index (χ2v) is 6.37. The molecule has 0 saturated heterocycles. The molecule has 1 fully saturated rings. The van der Waals surface area contributed by atoms with Crippen LogP contribution in [0.15, 0.2) is 28.2 Å². The van der Waals surface area contributed by atoms with Crippen LogP contribution in [0.25, 0.3) is 0 Å². The second-order valence-electron chi connectivity index (χ2n) is 6.37. The van der Waals surface area contributed by atoms with Crippen molar-refractivity contribution in [3.8, 4) is 6.07 Å². The van der Waals surface area contributed by atoms with Gasteiger partial charge < -0.3 is 0 Å². The Morgan fingerprint density at radius 3 is 2.58 bits per heavy atom. The van der Waals surface area contributed by atoms with E-state index in [0.29, 0.717) is 6.54 Å². The summed E-state index contributed by atoms with van der Waals surface area (Å²) >= 11 is 0. The van der Waals surface area contributed by atoms with Gasteiger partial charge in [0, 0.05) is 31.5 Å². The Morgan fingerprint density at radius 1 is 1.21 bits per heavy atom. The van der Waals surface area contributed by atoms with Gasteiger partial charge in [-0.15, -0.1) is 0 Å². The largest absolute Gasteiger partial charge is 0.331 e. The zero-order chi connectivity index (χ0) is 17.1. The molecule has 2 aromatic heterocycles. The number of aryl methyl sites for hydroxylation is 2. The van der Waals surface area contributed by atoms with Crippen LogP contribution >= 0.6 is 0 Å². The minimum Gasteiger partial charge on any atom is -0.296 e. The first-order valence-electron chi connectivity index (χ1n) is 8.35. The summed E-state index contributed by atoms with van der Waals surface area (Å²) < 4.78 is 4.67. The van der Waals surface area contributed by atoms with Gasteiger partial charge in [0.1, 0.15) is 11.6 Å². The average Bonchev–Trinajstić information content (AvgIpc) is 3.32. The molecule has 0 unspecified atom stereocenters. The molecule has 0 N–H and O–H groups in total. The maximum absolute atomic E-state index is 12.4. The van der Waals surface area contributed by atoms with Crippen molar-refractivity contribution in [1.29, 1.82) is 5.26 Å². The first kappa shape index (κ1) is 16.2. The molecule has 0 amide bonds. The molecule has 24 heavy (non-hydrogen) atoms. The summed E-state index contributed by atoms with van der Waals surface area (Å²) in [6.45, 7) is 3.19. The van der Waals surface area contributed by atoms with Crippen LogP contribution in [0.2, 0.25) is 0 Å². The van der Waals surface area contributed by atoms with Crippen molar-refractivity contribution in [2.45, 2.75) is 58.2 Å². The number of nitriles is 1. The summed E-state index contributed by atoms with van der Waals surface area (Å²) in [4.78, 5) is 24.6. The van der Waals surface area contributed by atoms with E-state index in [9.17, 15) is 9.59 Å². The molecule has 0 atom stereocenters. The highest BCUT2D eigenvalue weighted by Crippen LogP contribution is 2.33. The quantitative estimate of drug-likeness (QED) is 0.723. The minimum atomic E-state index is -0.470. The molecule has 7 heteroatoms. The first-order chi connectivity index (χ1) is 11.6. The van der Waals surface area contributed by atoms with Gasteiger partial charge >= 0.3 is 5.69 Å². The van der Waals surface area contributed by atoms with Crippen molar-refractivity contribution in [2.75, 3.05) is 0 Å². The summed E-state index contributed by atoms with van der Waals surface area (Å²) in [5, 5.41) is 13.3. The van der Waals surface area contributed by atoms with Crippen LogP contribution < -0.4 is 11.2 Å². The van der Waals surface area contributed by atoms with Gasteiger partial charge in [-0.3, -0.25) is 18.6 Å². The Kier molecular flexibility index (Phi) is 4.65. The van der Waals surface area contributed by atoms with Crippen LogP contribution in [0.4, 0.5) is 0 Å². The summed E-state index contributed by atoms with van der Waals surface area (Å²) in [7, 11) is 0. The Balaban J connectivity index is 1.62. The highest BCUT2D eigenvalue weighted by Gasteiger charge is 2.26. The number of nitrogens with zero attached hydrogens (tertiary/aromatic N) is 5. The Hall–Kier alpha value is -2.62. The summed E-state index contributed by atoms with van der Waals surface area (Å²) in [6, 6.07) is 2.06. The van der Waals surface area contributed by atoms with Crippen molar-refractivity contribution in [3.63, 3.8) is 0 Å². The molecule has 0 bridgehead atoms. The fourth-order valence-corrected chi connectivity index (χ4v) is 2.82. The van der Waals surface area contributed by atoms with Gasteiger partial charge in [0.15, 0.2) is 0 Å². The van der Waals surface area contributed by atoms with Gasteiger partial charge in [-0.1, -0.05) is 0 Å². The molecule has 2 heterocycles. The monoisotopic (exact) mass is 327 g/mol. The van der Waals surface area contributed by atoms with Crippen LogP contribution in [0.1, 0.15) is 49.3 Å². The molecule has 7 nitrogen and oxygen atoms in total. The molecule has 0 aromatic carbocycles. The van der Waals surface area contributed by atoms with E-state index in [1.54, 1.807) is 4.57 Å². The van der Waals surface area contributed by atoms with E-state index in [0.717, 1.165) is 44.2 Å². The number of aromatic nitrogens is 4. The SMILES string of the molecule is Cc1cnn(CCCCCn2c(=O)c(C#N)cn(C3CC3)c2=O)c1. The fourth-order valence-electron chi connectivity index (χ4n) is 2.82. The molecule has 1 aliphatic carbocycles. The lowest BCUT2D eigenvalue weighted by molar-refractivity contribution is 0.491. The van der Waals surface area contributed by atoms with Crippen molar-refractivity contribution in [2.24, 2.45) is 0 Å². The van der Waals surface area contributed by atoms with Gasteiger partial charge in [-0.2, -0.15) is 10.4 Å². The molecule has 1 aliphatic rings. The summed E-state index contributed by atoms with van der Waals surface area (Å²) in [5.41, 5.74) is 0.426. The lowest BCUT2D eigenvalue weighted by Gasteiger charge is -2.10. The second kappa shape index (κ2) is 6.87. The van der Waals surface area contributed by atoms with Crippen molar-refractivity contribution in [1.82, 2.24) is 18.9 Å². The number of hydrogen-bond acceptors (Lipinski definition) is 4. The molecule has 0 spiro atoms. The van der Waals surface area contributed by atoms with E-state index in [2.05, 4.69) is 5.10 Å². The summed E-state index contributed by atoms with van der Waals surface area (Å²) in [5.74, 6) is 0. The van der Waals surface area contributed by atoms with Gasteiger partial charge in [-0.25, -0.2) is 4.79 Å². The summed E-state index contributed by atoms with van der Waals surface area (Å²) in [6.07, 6.45) is 9.67. The maximum atomic E-state index is 12.4. The average molecular weight is 327 g/mol. The van der Waals surface area contributed by atoms with Crippen LogP contribution in [-0.2, 0) is 13.1 Å². The predicted molar refractivity (Wildman–Crippen MR) is 88.8 cm³/mol. The lowest BCUT2D eigenvalue weighted by atomic mass is 10.2. The van der Waals surface area contributed by atoms with E-state index in [4.69, 9.17) is 5.26 Å². The third-order valence-corrected chi connectivity index (χ3v) is 4.29. The zero-order valence-corrected chi connectivity index (χ0v) is 13.8. The third-order valence-electron chi connectivity index (χ3n) is 4.29. The van der Waals surface area contributed by atoms with Crippen LogP contribution in [0.5, 0.6) is 0 Å². The third kappa shape index (κ3) is 3.48. The van der Waals surface area contributed by atoms with Crippen LogP contribution in [0.3, 0.4) is 0 Å². The predicted octanol–water partition coefficient (Wildman–Crippen LogP) is 1.59. The smallest absolute Gasteiger partial charge is 0.296 e. The standard InChI is InChI=1S/C17H21N5O2/c1-13-10-19-20(11-13)7-3-2-4-8-21-16(23)14(9-18)12-22(17(21)24)15-5-6-15/h10-12,15H,2-8H2,1H3. The van der Waals surface area contributed by atoms with E-state index in [-0.39, 0.29) is 17.3 Å². The molecule has 3 rings (SSSR count). The van der Waals surface area contributed by atoms with Crippen LogP contribution in [0, 0.1) is 18.3 Å². The topological polar surface area (TPSA) is 85.6 Å². The molecular weight excluding hydrogens is 306 g/mol.